The number of ether oxygens (including phenoxy) is 2. The second-order valence-electron chi connectivity index (χ2n) is 3.39. The lowest BCUT2D eigenvalue weighted by atomic mass is 10.1. The molecule has 0 aromatic rings. The van der Waals surface area contributed by atoms with Gasteiger partial charge < -0.3 is 14.8 Å². The second kappa shape index (κ2) is 7.76. The Labute approximate surface area is 86.0 Å². The fraction of sp³-hybridized carbons (Fsp3) is 0.900. The van der Waals surface area contributed by atoms with Crippen molar-refractivity contribution < 1.29 is 14.3 Å². The molecule has 0 rings (SSSR count). The Morgan fingerprint density at radius 3 is 2.50 bits per heavy atom. The van der Waals surface area contributed by atoms with Crippen molar-refractivity contribution in [3.8, 4) is 0 Å². The molecule has 4 heteroatoms. The van der Waals surface area contributed by atoms with E-state index in [-0.39, 0.29) is 11.9 Å². The summed E-state index contributed by atoms with van der Waals surface area (Å²) in [5, 5.41) is 3.26. The van der Waals surface area contributed by atoms with Gasteiger partial charge in [-0.15, -0.1) is 0 Å². The molecule has 0 radical (unpaired) electrons. The minimum atomic E-state index is -0.176. The molecule has 0 aliphatic carbocycles. The number of hydrogen-bond donors (Lipinski definition) is 1. The molecule has 0 amide bonds. The number of methoxy groups -OCH3 is 2. The van der Waals surface area contributed by atoms with Crippen LogP contribution in [0, 0.1) is 5.92 Å². The van der Waals surface area contributed by atoms with Gasteiger partial charge >= 0.3 is 5.97 Å². The van der Waals surface area contributed by atoms with Crippen molar-refractivity contribution in [2.24, 2.45) is 5.92 Å². The molecule has 1 N–H and O–H groups in total. The van der Waals surface area contributed by atoms with Crippen molar-refractivity contribution in [1.29, 1.82) is 0 Å². The molecule has 0 bridgehead atoms. The third-order valence-electron chi connectivity index (χ3n) is 2.18. The minimum absolute atomic E-state index is 0.106. The Morgan fingerprint density at radius 2 is 2.07 bits per heavy atom. The standard InChI is InChI=1S/C10H21NO3/c1-5-9(7-13-3)11-6-8(2)10(12)14-4/h8-9,11H,5-7H2,1-4H3. The van der Waals surface area contributed by atoms with Crippen LogP contribution in [0.3, 0.4) is 0 Å². The van der Waals surface area contributed by atoms with E-state index in [4.69, 9.17) is 4.74 Å². The average molecular weight is 203 g/mol. The highest BCUT2D eigenvalue weighted by Crippen LogP contribution is 1.98. The van der Waals surface area contributed by atoms with Gasteiger partial charge in [-0.25, -0.2) is 0 Å². The number of rotatable bonds is 7. The zero-order chi connectivity index (χ0) is 11.0. The molecule has 0 spiro atoms. The highest BCUT2D eigenvalue weighted by Gasteiger charge is 2.14. The van der Waals surface area contributed by atoms with Crippen LogP contribution < -0.4 is 5.32 Å². The summed E-state index contributed by atoms with van der Waals surface area (Å²) in [6, 6.07) is 0.312. The molecule has 14 heavy (non-hydrogen) atoms. The summed E-state index contributed by atoms with van der Waals surface area (Å²) in [7, 11) is 3.08. The van der Waals surface area contributed by atoms with Crippen LogP contribution in [0.2, 0.25) is 0 Å². The largest absolute Gasteiger partial charge is 0.469 e. The maximum absolute atomic E-state index is 11.1. The van der Waals surface area contributed by atoms with E-state index < -0.39 is 0 Å². The summed E-state index contributed by atoms with van der Waals surface area (Å²) < 4.78 is 9.66. The molecule has 84 valence electrons. The average Bonchev–Trinajstić information content (AvgIpc) is 2.22. The fourth-order valence-corrected chi connectivity index (χ4v) is 1.15. The van der Waals surface area contributed by atoms with Crippen molar-refractivity contribution in [3.63, 3.8) is 0 Å². The van der Waals surface area contributed by atoms with Gasteiger partial charge in [-0.2, -0.15) is 0 Å². The molecule has 0 saturated carbocycles. The van der Waals surface area contributed by atoms with Gasteiger partial charge in [-0.3, -0.25) is 4.79 Å². The molecule has 2 unspecified atom stereocenters. The second-order valence-corrected chi connectivity index (χ2v) is 3.39. The van der Waals surface area contributed by atoms with Crippen LogP contribution >= 0.6 is 0 Å². The third-order valence-corrected chi connectivity index (χ3v) is 2.18. The van der Waals surface area contributed by atoms with E-state index in [1.807, 2.05) is 6.92 Å². The predicted molar refractivity (Wildman–Crippen MR) is 55.1 cm³/mol. The number of esters is 1. The van der Waals surface area contributed by atoms with Crippen LogP contribution in [0.15, 0.2) is 0 Å². The molecular formula is C10H21NO3. The lowest BCUT2D eigenvalue weighted by Gasteiger charge is -2.18. The molecule has 4 nitrogen and oxygen atoms in total. The van der Waals surface area contributed by atoms with Crippen LogP contribution in [0.5, 0.6) is 0 Å². The summed E-state index contributed by atoms with van der Waals surface area (Å²) in [5.41, 5.74) is 0. The van der Waals surface area contributed by atoms with Crippen molar-refractivity contribution in [3.05, 3.63) is 0 Å². The Bertz CT molecular complexity index is 161. The lowest BCUT2D eigenvalue weighted by molar-refractivity contribution is -0.144. The van der Waals surface area contributed by atoms with Crippen molar-refractivity contribution in [1.82, 2.24) is 5.32 Å². The smallest absolute Gasteiger partial charge is 0.309 e. The van der Waals surface area contributed by atoms with Crippen LogP contribution in [-0.4, -0.2) is 39.4 Å². The Balaban J connectivity index is 3.72. The molecule has 0 saturated heterocycles. The Morgan fingerprint density at radius 1 is 1.43 bits per heavy atom. The van der Waals surface area contributed by atoms with E-state index in [9.17, 15) is 4.79 Å². The fourth-order valence-electron chi connectivity index (χ4n) is 1.15. The first-order valence-corrected chi connectivity index (χ1v) is 4.95. The SMILES string of the molecule is CCC(COC)NCC(C)C(=O)OC. The summed E-state index contributed by atoms with van der Waals surface area (Å²) in [4.78, 5) is 11.1. The molecule has 0 aliphatic heterocycles. The first kappa shape index (κ1) is 13.4. The van der Waals surface area contributed by atoms with Gasteiger partial charge in [0.25, 0.3) is 0 Å². The molecule has 0 heterocycles. The van der Waals surface area contributed by atoms with Crippen LogP contribution in [0.4, 0.5) is 0 Å². The van der Waals surface area contributed by atoms with Crippen molar-refractivity contribution in [2.45, 2.75) is 26.3 Å². The maximum atomic E-state index is 11.1. The summed E-state index contributed by atoms with van der Waals surface area (Å²) >= 11 is 0. The van der Waals surface area contributed by atoms with Gasteiger partial charge in [0.1, 0.15) is 0 Å². The lowest BCUT2D eigenvalue weighted by Crippen LogP contribution is -2.37. The molecule has 2 atom stereocenters. The zero-order valence-corrected chi connectivity index (χ0v) is 9.50. The third kappa shape index (κ3) is 5.19. The molecule has 0 aliphatic rings. The van der Waals surface area contributed by atoms with Crippen LogP contribution in [0.25, 0.3) is 0 Å². The van der Waals surface area contributed by atoms with Gasteiger partial charge in [0.15, 0.2) is 0 Å². The van der Waals surface area contributed by atoms with Gasteiger partial charge in [-0.05, 0) is 6.42 Å². The number of carbonyl (C=O) groups excluding carboxylic acids is 1. The number of nitrogens with one attached hydrogen (secondary N) is 1. The summed E-state index contributed by atoms with van der Waals surface area (Å²) in [6.07, 6.45) is 0.988. The van der Waals surface area contributed by atoms with Gasteiger partial charge in [0.05, 0.1) is 19.6 Å². The molecular weight excluding hydrogens is 182 g/mol. The van der Waals surface area contributed by atoms with E-state index in [2.05, 4.69) is 17.0 Å². The topological polar surface area (TPSA) is 47.6 Å². The first-order chi connectivity index (χ1) is 6.65. The number of carbonyl (C=O) groups is 1. The van der Waals surface area contributed by atoms with Gasteiger partial charge in [-0.1, -0.05) is 13.8 Å². The van der Waals surface area contributed by atoms with Crippen molar-refractivity contribution in [2.75, 3.05) is 27.4 Å². The first-order valence-electron chi connectivity index (χ1n) is 4.95. The molecule has 0 fully saturated rings. The normalized spacial score (nSPS) is 14.9. The monoisotopic (exact) mass is 203 g/mol. The predicted octanol–water partition coefficient (Wildman–Crippen LogP) is 0.810. The van der Waals surface area contributed by atoms with E-state index in [1.165, 1.54) is 7.11 Å². The molecule has 0 aromatic heterocycles. The summed E-state index contributed by atoms with van der Waals surface area (Å²) in [6.45, 7) is 5.23. The highest BCUT2D eigenvalue weighted by molar-refractivity contribution is 5.72. The van der Waals surface area contributed by atoms with E-state index in [0.717, 1.165) is 6.42 Å². The van der Waals surface area contributed by atoms with E-state index in [0.29, 0.717) is 19.2 Å². The van der Waals surface area contributed by atoms with E-state index in [1.54, 1.807) is 7.11 Å². The zero-order valence-electron chi connectivity index (χ0n) is 9.50. The highest BCUT2D eigenvalue weighted by atomic mass is 16.5. The molecule has 0 aromatic carbocycles. The quantitative estimate of drug-likeness (QED) is 0.622. The van der Waals surface area contributed by atoms with E-state index >= 15 is 0 Å². The van der Waals surface area contributed by atoms with Gasteiger partial charge in [0, 0.05) is 19.7 Å². The Kier molecular flexibility index (Phi) is 7.42. The number of hydrogen-bond acceptors (Lipinski definition) is 4. The van der Waals surface area contributed by atoms with Crippen LogP contribution in [-0.2, 0) is 14.3 Å². The maximum Gasteiger partial charge on any atom is 0.309 e. The Hall–Kier alpha value is -0.610. The van der Waals surface area contributed by atoms with Gasteiger partial charge in [0.2, 0.25) is 0 Å². The van der Waals surface area contributed by atoms with Crippen molar-refractivity contribution >= 4 is 5.97 Å². The minimum Gasteiger partial charge on any atom is -0.469 e. The van der Waals surface area contributed by atoms with Crippen LogP contribution in [0.1, 0.15) is 20.3 Å². The summed E-state index contributed by atoms with van der Waals surface area (Å²) in [5.74, 6) is -0.282.